The van der Waals surface area contributed by atoms with Crippen LogP contribution in [0.1, 0.15) is 34.6 Å². The standard InChI is InChI=1S/C12H22N4O4/c1-6(2)9(14-8(5)17)10(18)15-16-12(20)11(19)13-7(3)4/h6-7,9H,1-5H3,(H,13,19)(H,14,17)(H,15,18)(H,16,20)/t9-/m0/s1. The van der Waals surface area contributed by atoms with E-state index in [9.17, 15) is 19.2 Å². The van der Waals surface area contributed by atoms with E-state index in [2.05, 4.69) is 16.1 Å². The molecule has 8 heteroatoms. The van der Waals surface area contributed by atoms with E-state index in [4.69, 9.17) is 0 Å². The van der Waals surface area contributed by atoms with E-state index < -0.39 is 23.8 Å². The van der Waals surface area contributed by atoms with E-state index in [1.54, 1.807) is 27.7 Å². The first-order valence-corrected chi connectivity index (χ1v) is 6.33. The van der Waals surface area contributed by atoms with Crippen LogP contribution in [0.15, 0.2) is 0 Å². The van der Waals surface area contributed by atoms with Crippen molar-refractivity contribution in [3.05, 3.63) is 0 Å². The summed E-state index contributed by atoms with van der Waals surface area (Å²) in [5.74, 6) is -2.94. The number of hydrogen-bond donors (Lipinski definition) is 4. The maximum absolute atomic E-state index is 11.8. The number of hydrogen-bond acceptors (Lipinski definition) is 4. The molecule has 0 unspecified atom stereocenters. The SMILES string of the molecule is CC(=O)N[C@H](C(=O)NNC(=O)C(=O)NC(C)C)C(C)C. The van der Waals surface area contributed by atoms with E-state index in [0.717, 1.165) is 0 Å². The fraction of sp³-hybridized carbons (Fsp3) is 0.667. The maximum atomic E-state index is 11.8. The first kappa shape index (κ1) is 17.9. The first-order valence-electron chi connectivity index (χ1n) is 6.33. The van der Waals surface area contributed by atoms with Crippen LogP contribution in [0, 0.1) is 5.92 Å². The second kappa shape index (κ2) is 8.13. The lowest BCUT2D eigenvalue weighted by atomic mass is 10.0. The Bertz CT molecular complexity index is 393. The number of hydrazine groups is 1. The van der Waals surface area contributed by atoms with Crippen molar-refractivity contribution < 1.29 is 19.2 Å². The van der Waals surface area contributed by atoms with Gasteiger partial charge in [-0.3, -0.25) is 30.0 Å². The largest absolute Gasteiger partial charge is 0.346 e. The van der Waals surface area contributed by atoms with E-state index >= 15 is 0 Å². The minimum atomic E-state index is -0.975. The molecule has 0 aliphatic heterocycles. The molecule has 0 saturated carbocycles. The van der Waals surface area contributed by atoms with Gasteiger partial charge in [0.2, 0.25) is 5.91 Å². The third kappa shape index (κ3) is 6.72. The van der Waals surface area contributed by atoms with Crippen LogP contribution in [0.25, 0.3) is 0 Å². The van der Waals surface area contributed by atoms with Crippen molar-refractivity contribution >= 4 is 23.6 Å². The van der Waals surface area contributed by atoms with Crippen LogP contribution in [-0.4, -0.2) is 35.7 Å². The molecule has 0 fully saturated rings. The molecule has 20 heavy (non-hydrogen) atoms. The van der Waals surface area contributed by atoms with Gasteiger partial charge in [0.1, 0.15) is 6.04 Å². The molecule has 0 aromatic heterocycles. The average Bonchev–Trinajstić information content (AvgIpc) is 2.31. The summed E-state index contributed by atoms with van der Waals surface area (Å²) in [6.45, 7) is 8.18. The van der Waals surface area contributed by atoms with Gasteiger partial charge in [0.05, 0.1) is 0 Å². The Balaban J connectivity index is 4.41. The van der Waals surface area contributed by atoms with Gasteiger partial charge in [-0.1, -0.05) is 13.8 Å². The molecule has 0 spiro atoms. The Morgan fingerprint density at radius 3 is 1.75 bits per heavy atom. The van der Waals surface area contributed by atoms with Gasteiger partial charge in [0.25, 0.3) is 5.91 Å². The molecule has 0 radical (unpaired) electrons. The van der Waals surface area contributed by atoms with Gasteiger partial charge in [-0.25, -0.2) is 0 Å². The fourth-order valence-electron chi connectivity index (χ4n) is 1.33. The number of carbonyl (C=O) groups excluding carboxylic acids is 4. The smallest absolute Gasteiger partial charge is 0.327 e. The highest BCUT2D eigenvalue weighted by Crippen LogP contribution is 2.01. The molecule has 0 rings (SSSR count). The molecule has 4 N–H and O–H groups in total. The van der Waals surface area contributed by atoms with E-state index in [-0.39, 0.29) is 17.9 Å². The minimum Gasteiger partial charge on any atom is -0.346 e. The Hall–Kier alpha value is -2.12. The van der Waals surface area contributed by atoms with Gasteiger partial charge < -0.3 is 10.6 Å². The summed E-state index contributed by atoms with van der Waals surface area (Å²) in [4.78, 5) is 45.5. The Kier molecular flexibility index (Phi) is 7.27. The predicted octanol–water partition coefficient (Wildman–Crippen LogP) is -1.18. The molecular weight excluding hydrogens is 264 g/mol. The minimum absolute atomic E-state index is 0.166. The fourth-order valence-corrected chi connectivity index (χ4v) is 1.33. The lowest BCUT2D eigenvalue weighted by molar-refractivity contribution is -0.141. The number of rotatable bonds is 4. The van der Waals surface area contributed by atoms with Gasteiger partial charge in [-0.05, 0) is 19.8 Å². The van der Waals surface area contributed by atoms with Crippen molar-refractivity contribution in [1.82, 2.24) is 21.5 Å². The van der Waals surface area contributed by atoms with E-state index in [1.165, 1.54) is 6.92 Å². The van der Waals surface area contributed by atoms with Crippen molar-refractivity contribution in [2.75, 3.05) is 0 Å². The van der Waals surface area contributed by atoms with Crippen LogP contribution in [0.4, 0.5) is 0 Å². The van der Waals surface area contributed by atoms with Crippen molar-refractivity contribution in [3.8, 4) is 0 Å². The first-order chi connectivity index (χ1) is 9.15. The molecule has 114 valence electrons. The van der Waals surface area contributed by atoms with Gasteiger partial charge in [-0.2, -0.15) is 0 Å². The van der Waals surface area contributed by atoms with E-state index in [0.29, 0.717) is 0 Å². The lowest BCUT2D eigenvalue weighted by Gasteiger charge is -2.20. The van der Waals surface area contributed by atoms with Crippen LogP contribution in [0.3, 0.4) is 0 Å². The lowest BCUT2D eigenvalue weighted by Crippen LogP contribution is -2.56. The normalized spacial score (nSPS) is 11.8. The zero-order chi connectivity index (χ0) is 15.9. The highest BCUT2D eigenvalue weighted by molar-refractivity contribution is 6.35. The maximum Gasteiger partial charge on any atom is 0.327 e. The molecular formula is C12H22N4O4. The summed E-state index contributed by atoms with van der Waals surface area (Å²) in [6.07, 6.45) is 0. The van der Waals surface area contributed by atoms with Crippen molar-refractivity contribution in [3.63, 3.8) is 0 Å². The van der Waals surface area contributed by atoms with Gasteiger partial charge >= 0.3 is 11.8 Å². The van der Waals surface area contributed by atoms with Crippen LogP contribution in [0.2, 0.25) is 0 Å². The molecule has 0 bridgehead atoms. The molecule has 0 aliphatic rings. The number of nitrogens with one attached hydrogen (secondary N) is 4. The Morgan fingerprint density at radius 2 is 1.35 bits per heavy atom. The molecule has 1 atom stereocenters. The van der Waals surface area contributed by atoms with Crippen LogP contribution in [-0.2, 0) is 19.2 Å². The molecule has 8 nitrogen and oxygen atoms in total. The van der Waals surface area contributed by atoms with Crippen molar-refractivity contribution in [2.24, 2.45) is 5.92 Å². The topological polar surface area (TPSA) is 116 Å². The zero-order valence-corrected chi connectivity index (χ0v) is 12.4. The summed E-state index contributed by atoms with van der Waals surface area (Å²) in [5.41, 5.74) is 4.10. The molecule has 4 amide bonds. The molecule has 0 saturated heterocycles. The zero-order valence-electron chi connectivity index (χ0n) is 12.4. The molecule has 0 heterocycles. The summed E-state index contributed by atoms with van der Waals surface area (Å²) >= 11 is 0. The second-order valence-corrected chi connectivity index (χ2v) is 4.99. The third-order valence-corrected chi connectivity index (χ3v) is 2.23. The Morgan fingerprint density at radius 1 is 0.800 bits per heavy atom. The summed E-state index contributed by atoms with van der Waals surface area (Å²) < 4.78 is 0. The quantitative estimate of drug-likeness (QED) is 0.384. The van der Waals surface area contributed by atoms with Crippen LogP contribution < -0.4 is 21.5 Å². The van der Waals surface area contributed by atoms with Gasteiger partial charge in [0.15, 0.2) is 0 Å². The van der Waals surface area contributed by atoms with Gasteiger partial charge in [-0.15, -0.1) is 0 Å². The molecule has 0 aliphatic carbocycles. The third-order valence-electron chi connectivity index (χ3n) is 2.23. The predicted molar refractivity (Wildman–Crippen MR) is 72.0 cm³/mol. The van der Waals surface area contributed by atoms with Gasteiger partial charge in [0, 0.05) is 13.0 Å². The number of carbonyl (C=O) groups is 4. The Labute approximate surface area is 118 Å². The van der Waals surface area contributed by atoms with Crippen molar-refractivity contribution in [1.29, 1.82) is 0 Å². The second-order valence-electron chi connectivity index (χ2n) is 4.99. The highest BCUT2D eigenvalue weighted by Gasteiger charge is 2.24. The summed E-state index contributed by atoms with van der Waals surface area (Å²) in [6, 6.07) is -0.979. The van der Waals surface area contributed by atoms with Crippen LogP contribution >= 0.6 is 0 Å². The molecule has 0 aromatic rings. The number of amides is 4. The van der Waals surface area contributed by atoms with Crippen molar-refractivity contribution in [2.45, 2.75) is 46.7 Å². The highest BCUT2D eigenvalue weighted by atomic mass is 16.2. The van der Waals surface area contributed by atoms with Crippen LogP contribution in [0.5, 0.6) is 0 Å². The van der Waals surface area contributed by atoms with E-state index in [1.807, 2.05) is 5.43 Å². The monoisotopic (exact) mass is 286 g/mol. The average molecular weight is 286 g/mol. The summed E-state index contributed by atoms with van der Waals surface area (Å²) in [7, 11) is 0. The molecule has 0 aromatic carbocycles. The summed E-state index contributed by atoms with van der Waals surface area (Å²) in [5, 5.41) is 4.84.